The van der Waals surface area contributed by atoms with E-state index in [1.54, 1.807) is 0 Å². The first kappa shape index (κ1) is 32.6. The van der Waals surface area contributed by atoms with Crippen LogP contribution in [0.25, 0.3) is 0 Å². The molecule has 0 amide bonds. The molecular weight excluding hydrogens is 564 g/mol. The maximum absolute atomic E-state index is 12.6. The summed E-state index contributed by atoms with van der Waals surface area (Å²) in [7, 11) is -4.67. The highest BCUT2D eigenvalue weighted by Gasteiger charge is 2.64. The van der Waals surface area contributed by atoms with Crippen LogP contribution in [0, 0.1) is 33.5 Å². The number of carbonyl (C=O) groups excluding carboxylic acids is 2. The summed E-state index contributed by atoms with van der Waals surface area (Å²) >= 11 is 0. The van der Waals surface area contributed by atoms with Gasteiger partial charge in [-0.25, -0.2) is 0 Å². The van der Waals surface area contributed by atoms with Crippen molar-refractivity contribution in [3.05, 3.63) is 84.2 Å². The molecule has 0 aromatic heterocycles. The van der Waals surface area contributed by atoms with Crippen LogP contribution in [-0.4, -0.2) is 29.1 Å². The molecule has 43 heavy (non-hydrogen) atoms. The topological polar surface area (TPSA) is 133 Å². The molecule has 2 aromatic carbocycles. The Morgan fingerprint density at radius 3 is 1.21 bits per heavy atom. The molecule has 0 saturated heterocycles. The van der Waals surface area contributed by atoms with Gasteiger partial charge in [0.25, 0.3) is 0 Å². The van der Waals surface area contributed by atoms with E-state index in [-0.39, 0.29) is 21.7 Å². The Hall–Kier alpha value is -3.27. The van der Waals surface area contributed by atoms with Crippen molar-refractivity contribution in [1.29, 1.82) is 0 Å². The van der Waals surface area contributed by atoms with Crippen molar-refractivity contribution in [2.24, 2.45) is 33.5 Å². The highest BCUT2D eigenvalue weighted by Crippen LogP contribution is 2.66. The average molecular weight is 609 g/mol. The number of fused-ring (bicyclic) bond motifs is 4. The first-order valence-corrected chi connectivity index (χ1v) is 16.2. The maximum atomic E-state index is 12.6. The number of benzene rings is 2. The molecule has 4 unspecified atom stereocenters. The highest BCUT2D eigenvalue weighted by atomic mass is 32.3. The summed E-state index contributed by atoms with van der Waals surface area (Å²) in [6, 6.07) is 20.0. The molecule has 8 nitrogen and oxygen atoms in total. The lowest BCUT2D eigenvalue weighted by Crippen LogP contribution is -2.32. The summed E-state index contributed by atoms with van der Waals surface area (Å²) in [6.07, 6.45) is 8.22. The second-order valence-corrected chi connectivity index (χ2v) is 14.5. The van der Waals surface area contributed by atoms with Gasteiger partial charge in [-0.2, -0.15) is 8.42 Å². The molecule has 0 radical (unpaired) electrons. The first-order valence-electron chi connectivity index (χ1n) is 14.8. The summed E-state index contributed by atoms with van der Waals surface area (Å²) in [4.78, 5) is 25.2. The van der Waals surface area contributed by atoms with E-state index in [2.05, 4.69) is 52.2 Å². The van der Waals surface area contributed by atoms with Crippen LogP contribution in [0.4, 0.5) is 11.4 Å². The molecule has 0 heterocycles. The summed E-state index contributed by atoms with van der Waals surface area (Å²) in [5.41, 5.74) is 3.90. The number of rotatable bonds is 4. The predicted octanol–water partition coefficient (Wildman–Crippen LogP) is 7.36. The van der Waals surface area contributed by atoms with Gasteiger partial charge in [0, 0.05) is 45.8 Å². The minimum atomic E-state index is -4.67. The Morgan fingerprint density at radius 2 is 0.953 bits per heavy atom. The number of hydrogen-bond donors (Lipinski definition) is 4. The van der Waals surface area contributed by atoms with E-state index >= 15 is 0 Å². The molecule has 2 aromatic rings. The van der Waals surface area contributed by atoms with Crippen molar-refractivity contribution in [2.75, 3.05) is 10.6 Å². The van der Waals surface area contributed by atoms with Gasteiger partial charge in [0.1, 0.15) is 0 Å². The summed E-state index contributed by atoms with van der Waals surface area (Å²) < 4.78 is 31.6. The maximum Gasteiger partial charge on any atom is 0.394 e. The smallest absolute Gasteiger partial charge is 0.361 e. The van der Waals surface area contributed by atoms with E-state index in [0.717, 1.165) is 48.2 Å². The van der Waals surface area contributed by atoms with Crippen molar-refractivity contribution in [3.8, 4) is 0 Å². The Morgan fingerprint density at radius 1 is 0.651 bits per heavy atom. The molecule has 4 N–H and O–H groups in total. The average Bonchev–Trinajstić information content (AvgIpc) is 3.43. The van der Waals surface area contributed by atoms with E-state index in [1.807, 2.05) is 73.1 Å². The summed E-state index contributed by atoms with van der Waals surface area (Å²) in [5, 5.41) is 6.55. The Balaban J connectivity index is 0.000000171. The van der Waals surface area contributed by atoms with Gasteiger partial charge in [0.05, 0.1) is 0 Å². The fourth-order valence-electron chi connectivity index (χ4n) is 7.58. The number of para-hydroxylation sites is 2. The zero-order chi connectivity index (χ0) is 31.8. The molecule has 4 aliphatic rings. The van der Waals surface area contributed by atoms with Crippen LogP contribution in [0.3, 0.4) is 0 Å². The van der Waals surface area contributed by atoms with Crippen molar-refractivity contribution < 1.29 is 27.1 Å². The van der Waals surface area contributed by atoms with Gasteiger partial charge in [0.2, 0.25) is 0 Å². The largest absolute Gasteiger partial charge is 0.394 e. The number of nitrogens with one attached hydrogen (secondary N) is 2. The van der Waals surface area contributed by atoms with Gasteiger partial charge < -0.3 is 10.6 Å². The lowest BCUT2D eigenvalue weighted by Gasteiger charge is -2.31. The zero-order valence-corrected chi connectivity index (χ0v) is 26.7. The van der Waals surface area contributed by atoms with E-state index in [4.69, 9.17) is 17.5 Å². The molecule has 4 bridgehead atoms. The lowest BCUT2D eigenvalue weighted by molar-refractivity contribution is -0.126. The van der Waals surface area contributed by atoms with Crippen LogP contribution in [0.2, 0.25) is 0 Å². The Bertz CT molecular complexity index is 1420. The predicted molar refractivity (Wildman–Crippen MR) is 170 cm³/mol. The molecular formula is C34H44N2O6S. The molecule has 4 fully saturated rings. The molecule has 0 aliphatic heterocycles. The third-order valence-electron chi connectivity index (χ3n) is 11.1. The highest BCUT2D eigenvalue weighted by molar-refractivity contribution is 7.79. The van der Waals surface area contributed by atoms with Crippen molar-refractivity contribution in [2.45, 2.75) is 67.2 Å². The standard InChI is InChI=1S/2C17H21NO.H2O4S/c2*1-16(2)14-9-10-17(16,3)15(19)13(14)11-18-12-7-5-4-6-8-12;1-5(2,3)4/h2*4-8,11,14,18H,9-10H2,1-3H3;(H2,1,2,3,4). The third-order valence-corrected chi connectivity index (χ3v) is 11.1. The minimum Gasteiger partial charge on any atom is -0.361 e. The quantitative estimate of drug-likeness (QED) is 0.209. The lowest BCUT2D eigenvalue weighted by atomic mass is 9.70. The number of Topliss-reactive ketones (excluding diaryl/α,β-unsaturated/α-hetero) is 2. The van der Waals surface area contributed by atoms with Crippen LogP contribution < -0.4 is 10.6 Å². The van der Waals surface area contributed by atoms with Crippen LogP contribution in [-0.2, 0) is 20.0 Å². The van der Waals surface area contributed by atoms with Crippen molar-refractivity contribution in [1.82, 2.24) is 0 Å². The number of allylic oxidation sites excluding steroid dienone is 2. The van der Waals surface area contributed by atoms with Crippen LogP contribution in [0.1, 0.15) is 67.2 Å². The first-order chi connectivity index (χ1) is 19.9. The van der Waals surface area contributed by atoms with Crippen LogP contribution in [0.5, 0.6) is 0 Å². The molecule has 4 saturated carbocycles. The zero-order valence-electron chi connectivity index (χ0n) is 25.8. The summed E-state index contributed by atoms with van der Waals surface area (Å²) in [6.45, 7) is 13.2. The molecule has 4 atom stereocenters. The SMILES string of the molecule is CC12CCC(C(=CNc3ccccc3)C1=O)C2(C)C.CC12CCC(C(=CNc3ccccc3)C1=O)C2(C)C.O=S(=O)(O)O. The van der Waals surface area contributed by atoms with Crippen LogP contribution >= 0.6 is 0 Å². The van der Waals surface area contributed by atoms with E-state index in [9.17, 15) is 9.59 Å². The van der Waals surface area contributed by atoms with Crippen molar-refractivity contribution >= 4 is 33.3 Å². The van der Waals surface area contributed by atoms with Gasteiger partial charge in [-0.3, -0.25) is 18.7 Å². The third kappa shape index (κ3) is 6.08. The number of carbonyl (C=O) groups is 2. The molecule has 9 heteroatoms. The Labute approximate surface area is 255 Å². The minimum absolute atomic E-state index is 0.0916. The van der Waals surface area contributed by atoms with Gasteiger partial charge in [0.15, 0.2) is 11.6 Å². The molecule has 232 valence electrons. The van der Waals surface area contributed by atoms with Gasteiger partial charge in [-0.1, -0.05) is 77.9 Å². The second-order valence-electron chi connectivity index (χ2n) is 13.6. The molecule has 6 rings (SSSR count). The van der Waals surface area contributed by atoms with E-state index in [1.165, 1.54) is 0 Å². The Kier molecular flexibility index (Phi) is 8.86. The van der Waals surface area contributed by atoms with E-state index in [0.29, 0.717) is 23.4 Å². The fraction of sp³-hybridized carbons (Fsp3) is 0.471. The van der Waals surface area contributed by atoms with E-state index < -0.39 is 10.4 Å². The van der Waals surface area contributed by atoms with Gasteiger partial charge >= 0.3 is 10.4 Å². The van der Waals surface area contributed by atoms with Crippen molar-refractivity contribution in [3.63, 3.8) is 0 Å². The fourth-order valence-corrected chi connectivity index (χ4v) is 7.58. The number of anilines is 2. The van der Waals surface area contributed by atoms with Gasteiger partial charge in [-0.15, -0.1) is 0 Å². The van der Waals surface area contributed by atoms with Crippen LogP contribution in [0.15, 0.2) is 84.2 Å². The second kappa shape index (κ2) is 11.7. The number of hydrogen-bond acceptors (Lipinski definition) is 6. The molecule has 0 spiro atoms. The molecule has 4 aliphatic carbocycles. The summed E-state index contributed by atoms with van der Waals surface area (Å²) in [5.74, 6) is 1.50. The van der Waals surface area contributed by atoms with Gasteiger partial charge in [-0.05, 0) is 72.6 Å². The monoisotopic (exact) mass is 608 g/mol. The number of ketones is 2. The normalized spacial score (nSPS) is 31.3.